The monoisotopic (exact) mass is 314 g/mol. The van der Waals surface area contributed by atoms with E-state index >= 15 is 0 Å². The molecule has 1 unspecified atom stereocenters. The van der Waals surface area contributed by atoms with Crippen LogP contribution in [-0.2, 0) is 6.42 Å². The fourth-order valence-corrected chi connectivity index (χ4v) is 4.32. The van der Waals surface area contributed by atoms with Gasteiger partial charge in [0.25, 0.3) is 0 Å². The van der Waals surface area contributed by atoms with Crippen LogP contribution in [0.2, 0.25) is 10.0 Å². The lowest BCUT2D eigenvalue weighted by Gasteiger charge is -2.09. The van der Waals surface area contributed by atoms with Crippen molar-refractivity contribution in [2.75, 3.05) is 0 Å². The Morgan fingerprint density at radius 1 is 1.11 bits per heavy atom. The summed E-state index contributed by atoms with van der Waals surface area (Å²) in [6.45, 7) is 0. The van der Waals surface area contributed by atoms with Crippen LogP contribution in [-0.4, -0.2) is 0 Å². The van der Waals surface area contributed by atoms with Gasteiger partial charge in [0, 0.05) is 14.8 Å². The molecule has 3 rings (SSSR count). The molecule has 0 saturated heterocycles. The zero-order chi connectivity index (χ0) is 12.7. The van der Waals surface area contributed by atoms with Crippen molar-refractivity contribution < 1.29 is 0 Å². The Morgan fingerprint density at radius 2 is 1.89 bits per heavy atom. The highest BCUT2D eigenvalue weighted by molar-refractivity contribution is 7.99. The maximum atomic E-state index is 6.48. The minimum atomic E-state index is -0.0375. The van der Waals surface area contributed by atoms with Crippen molar-refractivity contribution in [3.8, 4) is 0 Å². The maximum absolute atomic E-state index is 6.48. The summed E-state index contributed by atoms with van der Waals surface area (Å²) in [6.07, 6.45) is 0.751. The Bertz CT molecular complexity index is 610. The van der Waals surface area contributed by atoms with Crippen LogP contribution in [0.25, 0.3) is 0 Å². The molecule has 4 heteroatoms. The van der Waals surface area contributed by atoms with Crippen LogP contribution in [0.4, 0.5) is 0 Å². The van der Waals surface area contributed by atoms with Gasteiger partial charge in [-0.1, -0.05) is 53.2 Å². The van der Waals surface area contributed by atoms with Gasteiger partial charge >= 0.3 is 0 Å². The first kappa shape index (κ1) is 12.7. The van der Waals surface area contributed by atoms with Gasteiger partial charge in [0.1, 0.15) is 0 Å². The first-order valence-corrected chi connectivity index (χ1v) is 7.55. The van der Waals surface area contributed by atoms with Crippen molar-refractivity contribution in [3.05, 3.63) is 57.6 Å². The van der Waals surface area contributed by atoms with E-state index in [1.807, 2.05) is 18.2 Å². The fraction of sp³-hybridized carbons (Fsp3) is 0.143. The zero-order valence-electron chi connectivity index (χ0n) is 9.29. The van der Waals surface area contributed by atoms with E-state index in [0.717, 1.165) is 22.4 Å². The molecule has 2 aromatic carbocycles. The molecule has 1 heterocycles. The zero-order valence-corrected chi connectivity index (χ0v) is 12.4. The molecule has 0 spiro atoms. The number of benzene rings is 2. The quantitative estimate of drug-likeness (QED) is 0.539. The average Bonchev–Trinajstić information content (AvgIpc) is 2.47. The molecule has 2 aromatic rings. The van der Waals surface area contributed by atoms with Gasteiger partial charge < -0.3 is 0 Å². The molecule has 0 aliphatic carbocycles. The highest BCUT2D eigenvalue weighted by Crippen LogP contribution is 2.46. The van der Waals surface area contributed by atoms with Crippen molar-refractivity contribution in [2.24, 2.45) is 0 Å². The van der Waals surface area contributed by atoms with E-state index in [-0.39, 0.29) is 5.38 Å². The van der Waals surface area contributed by atoms with Gasteiger partial charge in [-0.05, 0) is 35.7 Å². The van der Waals surface area contributed by atoms with E-state index in [2.05, 4.69) is 12.1 Å². The van der Waals surface area contributed by atoms with Gasteiger partial charge in [0.15, 0.2) is 0 Å². The minimum Gasteiger partial charge on any atom is -0.117 e. The van der Waals surface area contributed by atoms with Crippen LogP contribution in [0.15, 0.2) is 46.2 Å². The summed E-state index contributed by atoms with van der Waals surface area (Å²) in [7, 11) is 0. The molecule has 0 amide bonds. The lowest BCUT2D eigenvalue weighted by molar-refractivity contribution is 0.891. The van der Waals surface area contributed by atoms with E-state index in [9.17, 15) is 0 Å². The normalized spacial score (nSPS) is 17.8. The molecule has 92 valence electrons. The summed E-state index contributed by atoms with van der Waals surface area (Å²) in [5.74, 6) is 0. The highest BCUT2D eigenvalue weighted by Gasteiger charge is 2.22. The second-order valence-electron chi connectivity index (χ2n) is 4.19. The molecule has 1 aliphatic rings. The van der Waals surface area contributed by atoms with Crippen molar-refractivity contribution >= 4 is 46.6 Å². The average molecular weight is 316 g/mol. The van der Waals surface area contributed by atoms with E-state index in [1.54, 1.807) is 17.8 Å². The van der Waals surface area contributed by atoms with E-state index in [4.69, 9.17) is 34.8 Å². The van der Waals surface area contributed by atoms with Gasteiger partial charge in [-0.25, -0.2) is 0 Å². The number of hydrogen-bond donors (Lipinski definition) is 0. The molecule has 0 fully saturated rings. The Hall–Kier alpha value is -0.340. The third-order valence-corrected chi connectivity index (χ3v) is 5.25. The SMILES string of the molecule is Clc1cc(Cl)c2c(c1)CC(Cl)c1ccccc1S2. The van der Waals surface area contributed by atoms with Crippen molar-refractivity contribution in [2.45, 2.75) is 21.6 Å². The molecular formula is C14H9Cl3S. The van der Waals surface area contributed by atoms with E-state index in [0.29, 0.717) is 10.0 Å². The minimum absolute atomic E-state index is 0.0375. The van der Waals surface area contributed by atoms with Crippen molar-refractivity contribution in [1.29, 1.82) is 0 Å². The predicted octanol–water partition coefficient (Wildman–Crippen LogP) is 5.98. The molecule has 0 N–H and O–H groups in total. The summed E-state index contributed by atoms with van der Waals surface area (Å²) >= 11 is 20.5. The Balaban J connectivity index is 2.18. The fourth-order valence-electron chi connectivity index (χ4n) is 2.12. The standard InChI is InChI=1S/C14H9Cl3S/c15-9-5-8-6-11(16)10-3-1-2-4-13(10)18-14(8)12(17)7-9/h1-5,7,11H,6H2. The van der Waals surface area contributed by atoms with E-state index in [1.165, 1.54) is 4.90 Å². The highest BCUT2D eigenvalue weighted by atomic mass is 35.5. The molecule has 0 radical (unpaired) electrons. The third kappa shape index (κ3) is 2.25. The van der Waals surface area contributed by atoms with Gasteiger partial charge in [0.2, 0.25) is 0 Å². The van der Waals surface area contributed by atoms with Crippen molar-refractivity contribution in [3.63, 3.8) is 0 Å². The second-order valence-corrected chi connectivity index (χ2v) is 6.61. The van der Waals surface area contributed by atoms with Gasteiger partial charge in [0.05, 0.1) is 10.4 Å². The van der Waals surface area contributed by atoms with Crippen LogP contribution in [0.3, 0.4) is 0 Å². The van der Waals surface area contributed by atoms with E-state index < -0.39 is 0 Å². The second kappa shape index (κ2) is 4.97. The molecule has 1 atom stereocenters. The topological polar surface area (TPSA) is 0 Å². The van der Waals surface area contributed by atoms with Crippen LogP contribution < -0.4 is 0 Å². The van der Waals surface area contributed by atoms with Gasteiger partial charge in [-0.2, -0.15) is 0 Å². The Kier molecular flexibility index (Phi) is 3.50. The molecule has 1 aliphatic heterocycles. The Morgan fingerprint density at radius 3 is 2.72 bits per heavy atom. The molecular weight excluding hydrogens is 307 g/mol. The molecule has 0 saturated carbocycles. The van der Waals surface area contributed by atoms with Crippen LogP contribution in [0, 0.1) is 0 Å². The summed E-state index contributed by atoms with van der Waals surface area (Å²) in [5.41, 5.74) is 2.28. The lowest BCUT2D eigenvalue weighted by Crippen LogP contribution is -1.95. The number of halogens is 3. The summed E-state index contributed by atoms with van der Waals surface area (Å²) in [5, 5.41) is 1.32. The third-order valence-electron chi connectivity index (χ3n) is 2.95. The first-order chi connectivity index (χ1) is 8.65. The summed E-state index contributed by atoms with van der Waals surface area (Å²) < 4.78 is 0. The number of fused-ring (bicyclic) bond motifs is 2. The van der Waals surface area contributed by atoms with Gasteiger partial charge in [-0.15, -0.1) is 11.6 Å². The first-order valence-electron chi connectivity index (χ1n) is 5.54. The number of alkyl halides is 1. The summed E-state index contributed by atoms with van der Waals surface area (Å²) in [4.78, 5) is 2.23. The van der Waals surface area contributed by atoms with Crippen molar-refractivity contribution in [1.82, 2.24) is 0 Å². The summed E-state index contributed by atoms with van der Waals surface area (Å²) in [6, 6.07) is 11.9. The predicted molar refractivity (Wildman–Crippen MR) is 79.3 cm³/mol. The van der Waals surface area contributed by atoms with Crippen LogP contribution in [0.5, 0.6) is 0 Å². The molecule has 0 bridgehead atoms. The van der Waals surface area contributed by atoms with Gasteiger partial charge in [-0.3, -0.25) is 0 Å². The number of hydrogen-bond acceptors (Lipinski definition) is 1. The van der Waals surface area contributed by atoms with Crippen LogP contribution >= 0.6 is 46.6 Å². The molecule has 0 nitrogen and oxygen atoms in total. The lowest BCUT2D eigenvalue weighted by atomic mass is 10.0. The molecule has 0 aromatic heterocycles. The number of rotatable bonds is 0. The van der Waals surface area contributed by atoms with Crippen LogP contribution in [0.1, 0.15) is 16.5 Å². The maximum Gasteiger partial charge on any atom is 0.0637 e. The largest absolute Gasteiger partial charge is 0.117 e. The molecule has 18 heavy (non-hydrogen) atoms. The Labute approximate surface area is 125 Å². The smallest absolute Gasteiger partial charge is 0.0637 e.